The fraction of sp³-hybridized carbons (Fsp3) is 0.233. The zero-order chi connectivity index (χ0) is 29.8. The van der Waals surface area contributed by atoms with Crippen LogP contribution in [0.5, 0.6) is 0 Å². The van der Waals surface area contributed by atoms with Crippen LogP contribution < -0.4 is 16.0 Å². The van der Waals surface area contributed by atoms with Gasteiger partial charge in [0.05, 0.1) is 24.2 Å². The molecule has 0 aliphatic rings. The number of alkyl halides is 3. The van der Waals surface area contributed by atoms with Crippen LogP contribution in [0.2, 0.25) is 0 Å². The summed E-state index contributed by atoms with van der Waals surface area (Å²) < 4.78 is 39.0. The fourth-order valence-corrected chi connectivity index (χ4v) is 4.87. The molecule has 1 amide bonds. The zero-order valence-electron chi connectivity index (χ0n) is 22.4. The van der Waals surface area contributed by atoms with Gasteiger partial charge in [0.15, 0.2) is 5.13 Å². The lowest BCUT2D eigenvalue weighted by atomic mass is 9.95. The van der Waals surface area contributed by atoms with Crippen molar-refractivity contribution < 1.29 is 27.9 Å². The Labute approximate surface area is 239 Å². The van der Waals surface area contributed by atoms with E-state index in [0.29, 0.717) is 28.5 Å². The number of aliphatic carboxylic acids is 1. The summed E-state index contributed by atoms with van der Waals surface area (Å²) >= 11 is 1.36. The molecule has 4 aromatic rings. The third-order valence-electron chi connectivity index (χ3n) is 6.34. The number of hydrogen-bond acceptors (Lipinski definition) is 6. The molecule has 4 N–H and O–H groups in total. The van der Waals surface area contributed by atoms with E-state index >= 15 is 0 Å². The van der Waals surface area contributed by atoms with Gasteiger partial charge >= 0.3 is 12.1 Å². The normalized spacial score (nSPS) is 11.8. The summed E-state index contributed by atoms with van der Waals surface area (Å²) in [7, 11) is 0. The van der Waals surface area contributed by atoms with Crippen LogP contribution in [0.1, 0.15) is 47.3 Å². The second kappa shape index (κ2) is 12.1. The smallest absolute Gasteiger partial charge is 0.416 e. The number of amides is 1. The molecule has 214 valence electrons. The molecule has 4 rings (SSSR count). The summed E-state index contributed by atoms with van der Waals surface area (Å²) in [5.41, 5.74) is 9.18. The molecular weight excluding hydrogens is 553 g/mol. The van der Waals surface area contributed by atoms with E-state index in [-0.39, 0.29) is 18.9 Å². The van der Waals surface area contributed by atoms with Gasteiger partial charge in [-0.05, 0) is 61.4 Å². The Bertz CT molecular complexity index is 1490. The third-order valence-corrected chi connectivity index (χ3v) is 7.20. The number of aromatic nitrogens is 1. The molecule has 0 saturated heterocycles. The first kappa shape index (κ1) is 29.8. The highest BCUT2D eigenvalue weighted by Gasteiger charge is 2.30. The summed E-state index contributed by atoms with van der Waals surface area (Å²) in [4.78, 5) is 29.7. The number of nitrogens with one attached hydrogen (secondary N) is 1. The molecule has 0 aliphatic heterocycles. The summed E-state index contributed by atoms with van der Waals surface area (Å²) in [6.07, 6.45) is -4.58. The molecule has 11 heteroatoms. The van der Waals surface area contributed by atoms with Gasteiger partial charge in [-0.1, -0.05) is 36.4 Å². The third kappa shape index (κ3) is 7.71. The first-order chi connectivity index (χ1) is 19.3. The van der Waals surface area contributed by atoms with Crippen LogP contribution in [0, 0.1) is 0 Å². The van der Waals surface area contributed by atoms with Crippen LogP contribution >= 0.6 is 11.3 Å². The van der Waals surface area contributed by atoms with E-state index in [1.165, 1.54) is 23.5 Å². The van der Waals surface area contributed by atoms with Crippen LogP contribution in [0.15, 0.2) is 78.2 Å². The van der Waals surface area contributed by atoms with Crippen LogP contribution in [-0.4, -0.2) is 28.5 Å². The molecule has 0 aliphatic carbocycles. The van der Waals surface area contributed by atoms with Crippen LogP contribution in [0.3, 0.4) is 0 Å². The number of carbonyl (C=O) groups excluding carboxylic acids is 1. The zero-order valence-corrected chi connectivity index (χ0v) is 23.2. The number of carboxylic acid groups (broad SMARTS) is 1. The molecule has 0 radical (unpaired) electrons. The second-order valence-corrected chi connectivity index (χ2v) is 10.9. The van der Waals surface area contributed by atoms with E-state index in [4.69, 9.17) is 15.8 Å². The summed E-state index contributed by atoms with van der Waals surface area (Å²) in [6.45, 7) is 4.25. The van der Waals surface area contributed by atoms with E-state index in [1.807, 2.05) is 43.0 Å². The van der Waals surface area contributed by atoms with Crippen molar-refractivity contribution in [3.8, 4) is 11.3 Å². The van der Waals surface area contributed by atoms with Crippen LogP contribution in [-0.2, 0) is 23.1 Å². The van der Waals surface area contributed by atoms with Gasteiger partial charge < -0.3 is 21.1 Å². The Morgan fingerprint density at radius 3 is 2.12 bits per heavy atom. The van der Waals surface area contributed by atoms with Crippen molar-refractivity contribution in [2.24, 2.45) is 5.73 Å². The van der Waals surface area contributed by atoms with Gasteiger partial charge in [0.25, 0.3) is 5.91 Å². The lowest BCUT2D eigenvalue weighted by Crippen LogP contribution is -2.28. The van der Waals surface area contributed by atoms with Crippen molar-refractivity contribution in [1.29, 1.82) is 0 Å². The maximum atomic E-state index is 13.0. The van der Waals surface area contributed by atoms with Gasteiger partial charge in [-0.3, -0.25) is 9.59 Å². The van der Waals surface area contributed by atoms with Crippen LogP contribution in [0.25, 0.3) is 11.3 Å². The molecule has 1 aromatic heterocycles. The molecule has 3 aromatic carbocycles. The first-order valence-electron chi connectivity index (χ1n) is 12.7. The lowest BCUT2D eigenvalue weighted by Gasteiger charge is -2.24. The number of halogens is 3. The number of carboxylic acids is 1. The Balaban J connectivity index is 1.60. The molecular formula is C30H29F3N4O3S. The number of nitrogens with zero attached hydrogens (tertiary/aromatic N) is 2. The predicted octanol–water partition coefficient (Wildman–Crippen LogP) is 6.57. The Morgan fingerprint density at radius 1 is 0.951 bits per heavy atom. The number of carbonyl (C=O) groups is 2. The van der Waals surface area contributed by atoms with Gasteiger partial charge in [0, 0.05) is 34.3 Å². The van der Waals surface area contributed by atoms with Gasteiger partial charge in [0.2, 0.25) is 0 Å². The number of anilines is 2. The predicted molar refractivity (Wildman–Crippen MR) is 153 cm³/mol. The minimum absolute atomic E-state index is 0.0324. The van der Waals surface area contributed by atoms with E-state index in [1.54, 1.807) is 29.6 Å². The maximum Gasteiger partial charge on any atom is 0.416 e. The van der Waals surface area contributed by atoms with Crippen molar-refractivity contribution in [2.75, 3.05) is 11.4 Å². The summed E-state index contributed by atoms with van der Waals surface area (Å²) in [6, 6.07) is 19.6. The van der Waals surface area contributed by atoms with E-state index < -0.39 is 23.2 Å². The minimum Gasteiger partial charge on any atom is -0.481 e. The Kier molecular flexibility index (Phi) is 8.79. The maximum absolute atomic E-state index is 13.0. The number of hydrogen-bond donors (Lipinski definition) is 3. The highest BCUT2D eigenvalue weighted by atomic mass is 32.1. The van der Waals surface area contributed by atoms with Gasteiger partial charge in [-0.15, -0.1) is 11.3 Å². The average Bonchev–Trinajstić information content (AvgIpc) is 3.41. The van der Waals surface area contributed by atoms with Crippen molar-refractivity contribution >= 4 is 34.0 Å². The van der Waals surface area contributed by atoms with Crippen LogP contribution in [0.4, 0.5) is 24.0 Å². The average molecular weight is 583 g/mol. The van der Waals surface area contributed by atoms with Crippen molar-refractivity contribution in [1.82, 2.24) is 10.3 Å². The highest BCUT2D eigenvalue weighted by Crippen LogP contribution is 2.36. The van der Waals surface area contributed by atoms with Crippen molar-refractivity contribution in [3.05, 3.63) is 100 Å². The summed E-state index contributed by atoms with van der Waals surface area (Å²) in [5.74, 6) is -1.36. The standard InChI is InChI=1S/C30H29F3N4O3S/c1-29(2,34)22-11-13-24(14-12-22)37(17-19-3-5-21(6-4-19)27(40)35-16-15-26(38)39)28-36-25(18-41-28)20-7-9-23(10-8-20)30(31,32)33/h3-14,18H,15-17,34H2,1-2H3,(H,35,40)(H,38,39). The first-order valence-corrected chi connectivity index (χ1v) is 13.6. The summed E-state index contributed by atoms with van der Waals surface area (Å²) in [5, 5.41) is 13.8. The Morgan fingerprint density at radius 2 is 1.56 bits per heavy atom. The number of nitrogens with two attached hydrogens (primary N) is 1. The molecule has 1 heterocycles. The molecule has 0 bridgehead atoms. The molecule has 41 heavy (non-hydrogen) atoms. The molecule has 0 fully saturated rings. The van der Waals surface area contributed by atoms with Gasteiger partial charge in [0.1, 0.15) is 0 Å². The SMILES string of the molecule is CC(C)(N)c1ccc(N(Cc2ccc(C(=O)NCCC(=O)O)cc2)c2nc(-c3ccc(C(F)(F)F)cc3)cs2)cc1. The lowest BCUT2D eigenvalue weighted by molar-refractivity contribution is -0.138. The quantitative estimate of drug-likeness (QED) is 0.195. The largest absolute Gasteiger partial charge is 0.481 e. The number of rotatable bonds is 10. The van der Waals surface area contributed by atoms with Gasteiger partial charge in [-0.25, -0.2) is 4.98 Å². The Hall–Kier alpha value is -4.22. The topological polar surface area (TPSA) is 109 Å². The molecule has 0 saturated carbocycles. The molecule has 0 atom stereocenters. The second-order valence-electron chi connectivity index (χ2n) is 10.0. The monoisotopic (exact) mass is 582 g/mol. The number of benzene rings is 3. The van der Waals surface area contributed by atoms with E-state index in [2.05, 4.69) is 5.32 Å². The molecule has 0 unspecified atom stereocenters. The molecule has 0 spiro atoms. The van der Waals surface area contributed by atoms with E-state index in [0.717, 1.165) is 28.9 Å². The highest BCUT2D eigenvalue weighted by molar-refractivity contribution is 7.14. The molecule has 7 nitrogen and oxygen atoms in total. The van der Waals surface area contributed by atoms with Gasteiger partial charge in [-0.2, -0.15) is 13.2 Å². The number of thiazole rings is 1. The minimum atomic E-state index is -4.42. The fourth-order valence-electron chi connectivity index (χ4n) is 4.02. The van der Waals surface area contributed by atoms with Crippen molar-refractivity contribution in [2.45, 2.75) is 38.5 Å². The van der Waals surface area contributed by atoms with Crippen molar-refractivity contribution in [3.63, 3.8) is 0 Å². The van der Waals surface area contributed by atoms with E-state index in [9.17, 15) is 22.8 Å².